The zero-order valence-electron chi connectivity index (χ0n) is 15.3. The highest BCUT2D eigenvalue weighted by Crippen LogP contribution is 2.37. The van der Waals surface area contributed by atoms with Gasteiger partial charge < -0.3 is 15.4 Å². The smallest absolute Gasteiger partial charge is 0.407 e. The SMILES string of the molecule is CC(C)(C)OC(=O)NCCC(=O)Nc1ccccc1SC1CCCC1. The summed E-state index contributed by atoms with van der Waals surface area (Å²) in [5.41, 5.74) is 0.310. The number of hydrogen-bond acceptors (Lipinski definition) is 4. The molecule has 0 spiro atoms. The van der Waals surface area contributed by atoms with Crippen LogP contribution >= 0.6 is 11.8 Å². The lowest BCUT2D eigenvalue weighted by Gasteiger charge is -2.19. The Morgan fingerprint density at radius 1 is 1.20 bits per heavy atom. The number of anilines is 1. The second kappa shape index (κ2) is 9.13. The fraction of sp³-hybridized carbons (Fsp3) is 0.579. The lowest BCUT2D eigenvalue weighted by atomic mass is 10.2. The third kappa shape index (κ3) is 7.38. The summed E-state index contributed by atoms with van der Waals surface area (Å²) in [6.07, 6.45) is 4.78. The fourth-order valence-electron chi connectivity index (χ4n) is 2.66. The van der Waals surface area contributed by atoms with E-state index in [2.05, 4.69) is 16.7 Å². The maximum absolute atomic E-state index is 12.2. The number of amides is 2. The number of ether oxygens (including phenoxy) is 1. The highest BCUT2D eigenvalue weighted by Gasteiger charge is 2.18. The first kappa shape index (κ1) is 19.6. The molecule has 138 valence electrons. The number of para-hydroxylation sites is 1. The summed E-state index contributed by atoms with van der Waals surface area (Å²) >= 11 is 1.85. The molecule has 1 aromatic carbocycles. The van der Waals surface area contributed by atoms with Gasteiger partial charge in [0, 0.05) is 23.1 Å². The van der Waals surface area contributed by atoms with Crippen molar-refractivity contribution in [1.29, 1.82) is 0 Å². The summed E-state index contributed by atoms with van der Waals surface area (Å²) in [5, 5.41) is 6.20. The average Bonchev–Trinajstić information content (AvgIpc) is 3.00. The van der Waals surface area contributed by atoms with E-state index in [0.29, 0.717) is 5.25 Å². The Labute approximate surface area is 154 Å². The number of thioether (sulfide) groups is 1. The van der Waals surface area contributed by atoms with Crippen LogP contribution in [0.15, 0.2) is 29.2 Å². The van der Waals surface area contributed by atoms with Gasteiger partial charge in [0.25, 0.3) is 0 Å². The number of nitrogens with one attached hydrogen (secondary N) is 2. The van der Waals surface area contributed by atoms with Crippen LogP contribution in [0.25, 0.3) is 0 Å². The fourth-order valence-corrected chi connectivity index (χ4v) is 3.99. The van der Waals surface area contributed by atoms with E-state index in [4.69, 9.17) is 4.74 Å². The summed E-state index contributed by atoms with van der Waals surface area (Å²) in [7, 11) is 0. The van der Waals surface area contributed by atoms with E-state index in [9.17, 15) is 9.59 Å². The minimum absolute atomic E-state index is 0.115. The van der Waals surface area contributed by atoms with Crippen LogP contribution in [0, 0.1) is 0 Å². The van der Waals surface area contributed by atoms with Crippen molar-refractivity contribution >= 4 is 29.4 Å². The van der Waals surface area contributed by atoms with Gasteiger partial charge >= 0.3 is 6.09 Å². The largest absolute Gasteiger partial charge is 0.444 e. The first-order chi connectivity index (χ1) is 11.8. The van der Waals surface area contributed by atoms with E-state index in [-0.39, 0.29) is 18.9 Å². The molecule has 0 bridgehead atoms. The van der Waals surface area contributed by atoms with Gasteiger partial charge in [-0.1, -0.05) is 25.0 Å². The number of hydrogen-bond donors (Lipinski definition) is 2. The molecule has 0 aliphatic heterocycles. The number of carbonyl (C=O) groups excluding carboxylic acids is 2. The molecule has 0 atom stereocenters. The standard InChI is InChI=1S/C19H28N2O3S/c1-19(2,3)24-18(23)20-13-12-17(22)21-15-10-6-7-11-16(15)25-14-8-4-5-9-14/h6-7,10-11,14H,4-5,8-9,12-13H2,1-3H3,(H,20,23)(H,21,22). The molecule has 1 aliphatic rings. The number of benzene rings is 1. The highest BCUT2D eigenvalue weighted by atomic mass is 32.2. The Bertz CT molecular complexity index is 593. The van der Waals surface area contributed by atoms with Gasteiger partial charge in [-0.05, 0) is 45.7 Å². The van der Waals surface area contributed by atoms with Crippen molar-refractivity contribution in [3.63, 3.8) is 0 Å². The normalized spacial score (nSPS) is 15.0. The molecular weight excluding hydrogens is 336 g/mol. The van der Waals surface area contributed by atoms with E-state index in [1.165, 1.54) is 25.7 Å². The van der Waals surface area contributed by atoms with Crippen LogP contribution in [0.4, 0.5) is 10.5 Å². The van der Waals surface area contributed by atoms with Gasteiger partial charge in [0.05, 0.1) is 5.69 Å². The zero-order chi connectivity index (χ0) is 18.3. The van der Waals surface area contributed by atoms with Crippen LogP contribution in [0.3, 0.4) is 0 Å². The van der Waals surface area contributed by atoms with Crippen LogP contribution in [0.5, 0.6) is 0 Å². The van der Waals surface area contributed by atoms with E-state index in [1.807, 2.05) is 30.0 Å². The molecule has 0 radical (unpaired) electrons. The van der Waals surface area contributed by atoms with Crippen LogP contribution < -0.4 is 10.6 Å². The molecule has 2 amide bonds. The second-order valence-electron chi connectivity index (χ2n) is 7.25. The summed E-state index contributed by atoms with van der Waals surface area (Å²) in [6, 6.07) is 7.90. The van der Waals surface area contributed by atoms with Crippen molar-refractivity contribution in [3.8, 4) is 0 Å². The summed E-state index contributed by atoms with van der Waals surface area (Å²) in [5.74, 6) is -0.115. The summed E-state index contributed by atoms with van der Waals surface area (Å²) in [4.78, 5) is 24.8. The summed E-state index contributed by atoms with van der Waals surface area (Å²) < 4.78 is 5.15. The van der Waals surface area contributed by atoms with Crippen molar-refractivity contribution in [2.24, 2.45) is 0 Å². The molecule has 1 fully saturated rings. The minimum atomic E-state index is -0.539. The molecule has 6 heteroatoms. The van der Waals surface area contributed by atoms with Gasteiger partial charge in [0.1, 0.15) is 5.60 Å². The van der Waals surface area contributed by atoms with E-state index < -0.39 is 11.7 Å². The number of rotatable bonds is 6. The molecule has 25 heavy (non-hydrogen) atoms. The Kier molecular flexibility index (Phi) is 7.17. The zero-order valence-corrected chi connectivity index (χ0v) is 16.1. The van der Waals surface area contributed by atoms with Crippen molar-refractivity contribution in [3.05, 3.63) is 24.3 Å². The van der Waals surface area contributed by atoms with Gasteiger partial charge in [-0.15, -0.1) is 11.8 Å². The van der Waals surface area contributed by atoms with E-state index in [0.717, 1.165) is 10.6 Å². The maximum atomic E-state index is 12.2. The Morgan fingerprint density at radius 2 is 1.88 bits per heavy atom. The Balaban J connectivity index is 1.79. The van der Waals surface area contributed by atoms with Crippen LogP contribution in [0.2, 0.25) is 0 Å². The first-order valence-corrected chi connectivity index (χ1v) is 9.74. The van der Waals surface area contributed by atoms with Crippen molar-refractivity contribution in [2.45, 2.75) is 68.6 Å². The maximum Gasteiger partial charge on any atom is 0.407 e. The third-order valence-electron chi connectivity index (χ3n) is 3.78. The molecule has 1 saturated carbocycles. The Morgan fingerprint density at radius 3 is 2.56 bits per heavy atom. The predicted molar refractivity (Wildman–Crippen MR) is 102 cm³/mol. The van der Waals surface area contributed by atoms with Crippen LogP contribution in [-0.2, 0) is 9.53 Å². The van der Waals surface area contributed by atoms with Crippen molar-refractivity contribution in [2.75, 3.05) is 11.9 Å². The summed E-state index contributed by atoms with van der Waals surface area (Å²) in [6.45, 7) is 5.66. The van der Waals surface area contributed by atoms with Gasteiger partial charge in [-0.25, -0.2) is 4.79 Å². The van der Waals surface area contributed by atoms with Crippen molar-refractivity contribution < 1.29 is 14.3 Å². The molecular formula is C19H28N2O3S. The molecule has 5 nitrogen and oxygen atoms in total. The third-order valence-corrected chi connectivity index (χ3v) is 5.19. The Hall–Kier alpha value is -1.69. The molecule has 1 aliphatic carbocycles. The van der Waals surface area contributed by atoms with E-state index in [1.54, 1.807) is 20.8 Å². The molecule has 0 saturated heterocycles. The molecule has 0 unspecified atom stereocenters. The van der Waals surface area contributed by atoms with Crippen LogP contribution in [0.1, 0.15) is 52.9 Å². The number of alkyl carbamates (subject to hydrolysis) is 1. The minimum Gasteiger partial charge on any atom is -0.444 e. The highest BCUT2D eigenvalue weighted by molar-refractivity contribution is 8.00. The van der Waals surface area contributed by atoms with Crippen molar-refractivity contribution in [1.82, 2.24) is 5.32 Å². The molecule has 0 heterocycles. The van der Waals surface area contributed by atoms with Crippen LogP contribution in [-0.4, -0.2) is 29.4 Å². The second-order valence-corrected chi connectivity index (χ2v) is 8.59. The molecule has 0 aromatic heterocycles. The lowest BCUT2D eigenvalue weighted by molar-refractivity contribution is -0.116. The molecule has 2 N–H and O–H groups in total. The van der Waals surface area contributed by atoms with Gasteiger partial charge in [-0.3, -0.25) is 4.79 Å². The predicted octanol–water partition coefficient (Wildman–Crippen LogP) is 4.57. The van der Waals surface area contributed by atoms with Gasteiger partial charge in [0.15, 0.2) is 0 Å². The van der Waals surface area contributed by atoms with E-state index >= 15 is 0 Å². The topological polar surface area (TPSA) is 67.4 Å². The van der Waals surface area contributed by atoms with Gasteiger partial charge in [0.2, 0.25) is 5.91 Å². The average molecular weight is 365 g/mol. The number of carbonyl (C=O) groups is 2. The monoisotopic (exact) mass is 364 g/mol. The quantitative estimate of drug-likeness (QED) is 0.775. The molecule has 2 rings (SSSR count). The lowest BCUT2D eigenvalue weighted by Crippen LogP contribution is -2.34. The van der Waals surface area contributed by atoms with Gasteiger partial charge in [-0.2, -0.15) is 0 Å². The molecule has 1 aromatic rings. The first-order valence-electron chi connectivity index (χ1n) is 8.86.